The largest absolute Gasteiger partial charge is 0.496 e. The van der Waals surface area contributed by atoms with Gasteiger partial charge in [0.15, 0.2) is 11.5 Å². The molecule has 0 aliphatic carbocycles. The SMILES string of the molecule is CCCCCOc1cc(N2CC3(CN(Cc4cc(F)ccc4OC)C2=O)CN(S(=O)(=O)c2ccc(C)cc2)C3)ccc1OC. The lowest BCUT2D eigenvalue weighted by Crippen LogP contribution is -2.71. The van der Waals surface area contributed by atoms with Gasteiger partial charge in [0.25, 0.3) is 0 Å². The molecule has 2 saturated heterocycles. The Morgan fingerprint density at radius 2 is 1.57 bits per heavy atom. The number of rotatable bonds is 12. The summed E-state index contributed by atoms with van der Waals surface area (Å²) < 4.78 is 59.7. The molecular formula is C33H40FN3O6S. The van der Waals surface area contributed by atoms with E-state index in [0.29, 0.717) is 48.2 Å². The van der Waals surface area contributed by atoms with Gasteiger partial charge in [0.1, 0.15) is 11.6 Å². The highest BCUT2D eigenvalue weighted by atomic mass is 32.2. The van der Waals surface area contributed by atoms with Crippen LogP contribution in [0.4, 0.5) is 14.9 Å². The number of ether oxygens (including phenoxy) is 3. The average molecular weight is 626 g/mol. The number of amides is 2. The molecule has 0 aromatic heterocycles. The van der Waals surface area contributed by atoms with Crippen molar-refractivity contribution in [3.05, 3.63) is 77.6 Å². The van der Waals surface area contributed by atoms with Crippen LogP contribution in [-0.4, -0.2) is 70.7 Å². The number of sulfonamides is 1. The molecule has 44 heavy (non-hydrogen) atoms. The Balaban J connectivity index is 1.46. The minimum Gasteiger partial charge on any atom is -0.496 e. The van der Waals surface area contributed by atoms with Gasteiger partial charge in [0.2, 0.25) is 10.0 Å². The van der Waals surface area contributed by atoms with E-state index in [1.165, 1.54) is 29.6 Å². The van der Waals surface area contributed by atoms with E-state index in [1.54, 1.807) is 59.4 Å². The maximum absolute atomic E-state index is 14.3. The molecule has 0 unspecified atom stereocenters. The van der Waals surface area contributed by atoms with Crippen molar-refractivity contribution in [2.75, 3.05) is 51.9 Å². The summed E-state index contributed by atoms with van der Waals surface area (Å²) in [6, 6.07) is 16.1. The number of carbonyl (C=O) groups is 1. The fraction of sp³-hybridized carbons (Fsp3) is 0.424. The van der Waals surface area contributed by atoms with Gasteiger partial charge < -0.3 is 19.1 Å². The first-order chi connectivity index (χ1) is 21.1. The fourth-order valence-electron chi connectivity index (χ4n) is 5.91. The second kappa shape index (κ2) is 13.0. The summed E-state index contributed by atoms with van der Waals surface area (Å²) in [5.74, 6) is 1.12. The van der Waals surface area contributed by atoms with Crippen LogP contribution >= 0.6 is 0 Å². The summed E-state index contributed by atoms with van der Waals surface area (Å²) in [6.07, 6.45) is 2.99. The molecule has 0 saturated carbocycles. The number of aryl methyl sites for hydroxylation is 1. The number of carbonyl (C=O) groups excluding carboxylic acids is 1. The molecule has 0 N–H and O–H groups in total. The highest BCUT2D eigenvalue weighted by molar-refractivity contribution is 7.89. The molecule has 5 rings (SSSR count). The molecule has 1 spiro atoms. The van der Waals surface area contributed by atoms with Crippen molar-refractivity contribution in [2.24, 2.45) is 5.41 Å². The van der Waals surface area contributed by atoms with Crippen molar-refractivity contribution in [2.45, 2.75) is 44.6 Å². The number of benzene rings is 3. The van der Waals surface area contributed by atoms with Crippen molar-refractivity contribution in [1.82, 2.24) is 9.21 Å². The molecular weight excluding hydrogens is 585 g/mol. The number of halogens is 1. The third kappa shape index (κ3) is 6.49. The highest BCUT2D eigenvalue weighted by Crippen LogP contribution is 2.42. The first kappa shape index (κ1) is 31.6. The van der Waals surface area contributed by atoms with Crippen LogP contribution in [-0.2, 0) is 16.6 Å². The van der Waals surface area contributed by atoms with E-state index in [2.05, 4.69) is 6.92 Å². The quantitative estimate of drug-likeness (QED) is 0.235. The van der Waals surface area contributed by atoms with Crippen LogP contribution in [0.1, 0.15) is 37.3 Å². The Hall–Kier alpha value is -3.83. The van der Waals surface area contributed by atoms with Crippen molar-refractivity contribution in [1.29, 1.82) is 0 Å². The predicted molar refractivity (Wildman–Crippen MR) is 166 cm³/mol. The van der Waals surface area contributed by atoms with Crippen molar-refractivity contribution in [3.63, 3.8) is 0 Å². The van der Waals surface area contributed by atoms with E-state index in [4.69, 9.17) is 14.2 Å². The Bertz CT molecular complexity index is 1590. The molecule has 9 nitrogen and oxygen atoms in total. The number of anilines is 1. The molecule has 2 heterocycles. The lowest BCUT2D eigenvalue weighted by Gasteiger charge is -2.56. The summed E-state index contributed by atoms with van der Waals surface area (Å²) in [5, 5.41) is 0. The minimum atomic E-state index is -3.71. The normalized spacial score (nSPS) is 16.6. The van der Waals surface area contributed by atoms with Gasteiger partial charge in [0, 0.05) is 48.9 Å². The van der Waals surface area contributed by atoms with Crippen molar-refractivity contribution < 1.29 is 31.8 Å². The van der Waals surface area contributed by atoms with Crippen LogP contribution in [0.25, 0.3) is 0 Å². The smallest absolute Gasteiger partial charge is 0.324 e. The Labute approximate surface area is 259 Å². The molecule has 0 atom stereocenters. The highest BCUT2D eigenvalue weighted by Gasteiger charge is 2.54. The van der Waals surface area contributed by atoms with Gasteiger partial charge >= 0.3 is 6.03 Å². The van der Waals surface area contributed by atoms with Gasteiger partial charge in [0.05, 0.1) is 32.3 Å². The maximum Gasteiger partial charge on any atom is 0.324 e. The first-order valence-electron chi connectivity index (χ1n) is 14.9. The summed E-state index contributed by atoms with van der Waals surface area (Å²) in [5.41, 5.74) is 1.56. The van der Waals surface area contributed by atoms with Crippen molar-refractivity contribution >= 4 is 21.7 Å². The maximum atomic E-state index is 14.3. The van der Waals surface area contributed by atoms with Crippen LogP contribution in [0.2, 0.25) is 0 Å². The Morgan fingerprint density at radius 3 is 2.25 bits per heavy atom. The second-order valence-electron chi connectivity index (χ2n) is 11.7. The Kier molecular flexibility index (Phi) is 9.36. The number of unbranched alkanes of at least 4 members (excludes halogenated alkanes) is 2. The summed E-state index contributed by atoms with van der Waals surface area (Å²) >= 11 is 0. The molecule has 2 aliphatic heterocycles. The van der Waals surface area contributed by atoms with E-state index in [-0.39, 0.29) is 30.6 Å². The number of methoxy groups -OCH3 is 2. The fourth-order valence-corrected chi connectivity index (χ4v) is 7.58. The van der Waals surface area contributed by atoms with Gasteiger partial charge in [-0.15, -0.1) is 0 Å². The van der Waals surface area contributed by atoms with Gasteiger partial charge in [-0.3, -0.25) is 4.90 Å². The molecule has 0 bridgehead atoms. The molecule has 2 aliphatic rings. The molecule has 11 heteroatoms. The van der Waals surface area contributed by atoms with Crippen LogP contribution < -0.4 is 19.1 Å². The topological polar surface area (TPSA) is 88.6 Å². The molecule has 2 fully saturated rings. The molecule has 3 aromatic rings. The molecule has 236 valence electrons. The Morgan fingerprint density at radius 1 is 0.864 bits per heavy atom. The van der Waals surface area contributed by atoms with Gasteiger partial charge in [-0.25, -0.2) is 17.6 Å². The van der Waals surface area contributed by atoms with E-state index in [0.717, 1.165) is 24.8 Å². The van der Waals surface area contributed by atoms with E-state index in [1.807, 2.05) is 6.92 Å². The number of nitrogens with zero attached hydrogens (tertiary/aromatic N) is 3. The predicted octanol–water partition coefficient (Wildman–Crippen LogP) is 5.85. The molecule has 0 radical (unpaired) electrons. The van der Waals surface area contributed by atoms with Crippen LogP contribution in [0.5, 0.6) is 17.2 Å². The lowest BCUT2D eigenvalue weighted by atomic mass is 9.79. The molecule has 3 aromatic carbocycles. The number of hydrogen-bond acceptors (Lipinski definition) is 6. The zero-order valence-corrected chi connectivity index (χ0v) is 26.5. The average Bonchev–Trinajstić information content (AvgIpc) is 2.99. The van der Waals surface area contributed by atoms with Crippen LogP contribution in [0, 0.1) is 18.2 Å². The standard InChI is InChI=1S/C33H40FN3O6S/c1-5-6-7-16-43-31-18-27(11-15-30(31)42-4)37-23-33(21-36(22-33)44(39,40)28-12-8-24(2)9-13-28)20-35(32(37)38)19-25-17-26(34)10-14-29(25)41-3/h8-15,17-18H,5-7,16,19-23H2,1-4H3. The van der Waals surface area contributed by atoms with Gasteiger partial charge in [-0.05, 0) is 55.8 Å². The zero-order valence-electron chi connectivity index (χ0n) is 25.7. The van der Waals surface area contributed by atoms with E-state index >= 15 is 0 Å². The van der Waals surface area contributed by atoms with Crippen LogP contribution in [0.15, 0.2) is 65.6 Å². The van der Waals surface area contributed by atoms with E-state index in [9.17, 15) is 17.6 Å². The minimum absolute atomic E-state index is 0.0965. The summed E-state index contributed by atoms with van der Waals surface area (Å²) in [7, 11) is -0.637. The monoisotopic (exact) mass is 625 g/mol. The van der Waals surface area contributed by atoms with Gasteiger partial charge in [-0.2, -0.15) is 4.31 Å². The lowest BCUT2D eigenvalue weighted by molar-refractivity contribution is 0.0275. The van der Waals surface area contributed by atoms with Crippen molar-refractivity contribution in [3.8, 4) is 17.2 Å². The third-order valence-corrected chi connectivity index (χ3v) is 10.1. The first-order valence-corrected chi connectivity index (χ1v) is 16.3. The zero-order chi connectivity index (χ0) is 31.5. The summed E-state index contributed by atoms with van der Waals surface area (Å²) in [4.78, 5) is 17.6. The number of hydrogen-bond donors (Lipinski definition) is 0. The second-order valence-corrected chi connectivity index (χ2v) is 13.6. The summed E-state index contributed by atoms with van der Waals surface area (Å²) in [6.45, 7) is 5.73. The van der Waals surface area contributed by atoms with Crippen LogP contribution in [0.3, 0.4) is 0 Å². The van der Waals surface area contributed by atoms with Gasteiger partial charge in [-0.1, -0.05) is 37.5 Å². The number of urea groups is 1. The molecule has 2 amide bonds. The van der Waals surface area contributed by atoms with E-state index < -0.39 is 21.3 Å². The third-order valence-electron chi connectivity index (χ3n) is 8.27.